The predicted octanol–water partition coefficient (Wildman–Crippen LogP) is 1.86. The molecule has 0 spiro atoms. The number of nitrogens with one attached hydrogen (secondary N) is 3. The van der Waals surface area contributed by atoms with Crippen molar-refractivity contribution in [3.63, 3.8) is 0 Å². The van der Waals surface area contributed by atoms with Crippen molar-refractivity contribution in [3.05, 3.63) is 41.9 Å². The number of nitrogens with zero attached hydrogens (tertiary/aromatic N) is 4. The molecule has 1 aliphatic heterocycles. The number of carbonyl (C=O) groups excluding carboxylic acids is 1. The molecule has 3 aromatic rings. The minimum atomic E-state index is -4.42. The number of ether oxygens (including phenoxy) is 1. The zero-order chi connectivity index (χ0) is 28.2. The second-order valence-corrected chi connectivity index (χ2v) is 11.0. The van der Waals surface area contributed by atoms with Crippen LogP contribution in [0.2, 0.25) is 0 Å². The van der Waals surface area contributed by atoms with Gasteiger partial charge in [0.25, 0.3) is 0 Å². The summed E-state index contributed by atoms with van der Waals surface area (Å²) >= 11 is -1.90. The van der Waals surface area contributed by atoms with Crippen molar-refractivity contribution in [2.24, 2.45) is 0 Å². The molecule has 1 fully saturated rings. The van der Waals surface area contributed by atoms with Crippen LogP contribution in [0.4, 0.5) is 29.1 Å². The third kappa shape index (κ3) is 6.92. The quantitative estimate of drug-likeness (QED) is 0.213. The number of carbonyl (C=O) groups is 1. The number of rotatable bonds is 7. The van der Waals surface area contributed by atoms with E-state index in [0.29, 0.717) is 30.2 Å². The van der Waals surface area contributed by atoms with Crippen LogP contribution in [0.1, 0.15) is 22.6 Å². The third-order valence-corrected chi connectivity index (χ3v) is 7.79. The van der Waals surface area contributed by atoms with E-state index in [0.717, 1.165) is 0 Å². The first kappa shape index (κ1) is 28.5. The zero-order valence-electron chi connectivity index (χ0n) is 21.4. The Bertz CT molecular complexity index is 1400. The predicted molar refractivity (Wildman–Crippen MR) is 141 cm³/mol. The molecule has 9 nitrogen and oxygen atoms in total. The van der Waals surface area contributed by atoms with E-state index in [4.69, 9.17) is 4.74 Å². The van der Waals surface area contributed by atoms with Gasteiger partial charge in [-0.3, -0.25) is 0 Å². The Morgan fingerprint density at radius 1 is 1.33 bits per heavy atom. The Labute approximate surface area is 228 Å². The van der Waals surface area contributed by atoms with Gasteiger partial charge in [-0.15, -0.1) is 0 Å². The van der Waals surface area contributed by atoms with Gasteiger partial charge in [0, 0.05) is 7.05 Å². The molecular weight excluding hydrogens is 585 g/mol. The van der Waals surface area contributed by atoms with Crippen molar-refractivity contribution in [2.75, 3.05) is 51.5 Å². The fraction of sp³-hybridized carbons (Fsp3) is 0.400. The molecule has 1 aliphatic rings. The molecule has 0 aliphatic carbocycles. The summed E-state index contributed by atoms with van der Waals surface area (Å²) in [6.45, 7) is 1.02. The van der Waals surface area contributed by atoms with Crippen LogP contribution in [-0.2, 0) is 0 Å². The van der Waals surface area contributed by atoms with Crippen LogP contribution in [0, 0.1) is 11.8 Å². The molecule has 3 aromatic heterocycles. The van der Waals surface area contributed by atoms with E-state index in [1.807, 2.05) is 11.9 Å². The number of hydrogen-bond acceptors (Lipinski definition) is 7. The molecule has 39 heavy (non-hydrogen) atoms. The van der Waals surface area contributed by atoms with Gasteiger partial charge in [-0.05, 0) is 0 Å². The van der Waals surface area contributed by atoms with E-state index < -0.39 is 32.2 Å². The van der Waals surface area contributed by atoms with Gasteiger partial charge in [0.2, 0.25) is 0 Å². The Hall–Kier alpha value is -3.53. The molecule has 4 heterocycles. The van der Waals surface area contributed by atoms with Crippen LogP contribution in [0.3, 0.4) is 0 Å². The monoisotopic (exact) mass is 613 g/mol. The number of anilines is 2. The molecule has 1 saturated heterocycles. The van der Waals surface area contributed by atoms with Crippen molar-refractivity contribution in [1.29, 1.82) is 0 Å². The molecular formula is C25H27F4N7O2Se. The maximum atomic E-state index is 14.6. The topological polar surface area (TPSA) is 95.8 Å². The number of halogens is 4. The molecule has 1 amide bonds. The molecule has 0 bridgehead atoms. The molecule has 4 rings (SSSR count). The minimum absolute atomic E-state index is 0.000467. The van der Waals surface area contributed by atoms with Gasteiger partial charge < -0.3 is 0 Å². The number of amides is 1. The zero-order valence-corrected chi connectivity index (χ0v) is 23.1. The fourth-order valence-electron chi connectivity index (χ4n) is 4.12. The van der Waals surface area contributed by atoms with Crippen LogP contribution in [0.5, 0.6) is 5.75 Å². The average molecular weight is 612 g/mol. The summed E-state index contributed by atoms with van der Waals surface area (Å²) in [5, 5.41) is 8.55. The summed E-state index contributed by atoms with van der Waals surface area (Å²) in [5.41, 5.74) is 0.898. The van der Waals surface area contributed by atoms with Gasteiger partial charge in [0.15, 0.2) is 0 Å². The number of alkyl halides is 4. The Morgan fingerprint density at radius 2 is 2.13 bits per heavy atom. The molecule has 14 heteroatoms. The number of methoxy groups -OCH3 is 1. The van der Waals surface area contributed by atoms with Crippen molar-refractivity contribution in [1.82, 2.24) is 24.8 Å². The SMILES string of the molecule is CNC(=O)c1cc(OC)c(NCC#Cc2nn3c(NC4CCN(C)CC4F)cccc3c2[Se]C(F)(F)F)cn1. The Kier molecular flexibility index (Phi) is 8.84. The molecule has 0 aromatic carbocycles. The summed E-state index contributed by atoms with van der Waals surface area (Å²) in [6.07, 6.45) is 0.832. The third-order valence-electron chi connectivity index (χ3n) is 6.03. The number of piperidine rings is 1. The van der Waals surface area contributed by atoms with Crippen LogP contribution in [0.15, 0.2) is 30.5 Å². The van der Waals surface area contributed by atoms with Gasteiger partial charge in [0.1, 0.15) is 0 Å². The van der Waals surface area contributed by atoms with Crippen molar-refractivity contribution in [3.8, 4) is 17.6 Å². The summed E-state index contributed by atoms with van der Waals surface area (Å²) in [4.78, 5) is 17.8. The van der Waals surface area contributed by atoms with E-state index in [-0.39, 0.29) is 40.4 Å². The normalized spacial score (nSPS) is 17.8. The van der Waals surface area contributed by atoms with Crippen LogP contribution in [-0.4, -0.2) is 98.5 Å². The average Bonchev–Trinajstić information content (AvgIpc) is 3.24. The van der Waals surface area contributed by atoms with E-state index in [2.05, 4.69) is 37.9 Å². The van der Waals surface area contributed by atoms with Crippen molar-refractivity contribution >= 4 is 42.3 Å². The van der Waals surface area contributed by atoms with Crippen LogP contribution in [0.25, 0.3) is 5.52 Å². The molecule has 3 N–H and O–H groups in total. The Morgan fingerprint density at radius 3 is 2.82 bits per heavy atom. The summed E-state index contributed by atoms with van der Waals surface area (Å²) in [6, 6.07) is 5.82. The number of pyridine rings is 2. The van der Waals surface area contributed by atoms with Gasteiger partial charge in [-0.2, -0.15) is 0 Å². The van der Waals surface area contributed by atoms with E-state index in [1.165, 1.54) is 30.9 Å². The van der Waals surface area contributed by atoms with Crippen molar-refractivity contribution < 1.29 is 27.1 Å². The molecule has 2 unspecified atom stereocenters. The molecule has 2 atom stereocenters. The molecule has 208 valence electrons. The van der Waals surface area contributed by atoms with Gasteiger partial charge >= 0.3 is 222 Å². The van der Waals surface area contributed by atoms with E-state index in [9.17, 15) is 22.4 Å². The van der Waals surface area contributed by atoms with E-state index in [1.54, 1.807) is 18.2 Å². The number of fused-ring (bicyclic) bond motifs is 1. The molecule has 0 radical (unpaired) electrons. The second-order valence-electron chi connectivity index (χ2n) is 8.76. The number of hydrogen-bond donors (Lipinski definition) is 3. The Balaban J connectivity index is 1.59. The van der Waals surface area contributed by atoms with Gasteiger partial charge in [0.05, 0.1) is 0 Å². The first-order chi connectivity index (χ1) is 18.6. The number of likely N-dealkylation sites (tertiary alicyclic amines) is 1. The standard InChI is InChI=1S/C25H27F4N7O2Se/c1-30-24(37)18-12-21(38-3)19(13-32-18)31-10-5-6-17-23(39-25(27,28)29)20-7-4-8-22(36(20)34-17)33-16-9-11-35(2)14-15(16)26/h4,7-8,12-13,15-16,31,33H,9-11,14H2,1-3H3,(H,30,37). The van der Waals surface area contributed by atoms with Gasteiger partial charge in [-0.25, -0.2) is 0 Å². The van der Waals surface area contributed by atoms with Crippen LogP contribution < -0.4 is 25.1 Å². The maximum absolute atomic E-state index is 14.6. The molecule has 0 saturated carbocycles. The van der Waals surface area contributed by atoms with Crippen molar-refractivity contribution in [2.45, 2.75) is 23.7 Å². The first-order valence-electron chi connectivity index (χ1n) is 11.9. The van der Waals surface area contributed by atoms with Gasteiger partial charge in [-0.1, -0.05) is 0 Å². The summed E-state index contributed by atoms with van der Waals surface area (Å²) in [5.74, 6) is 5.95. The fourth-order valence-corrected chi connectivity index (χ4v) is 5.55. The first-order valence-corrected chi connectivity index (χ1v) is 13.7. The summed E-state index contributed by atoms with van der Waals surface area (Å²) < 4.78 is 61.8. The summed E-state index contributed by atoms with van der Waals surface area (Å²) in [7, 11) is 4.76. The van der Waals surface area contributed by atoms with Crippen LogP contribution >= 0.6 is 0 Å². The second kappa shape index (κ2) is 12.1. The number of aromatic nitrogens is 3. The van der Waals surface area contributed by atoms with E-state index >= 15 is 0 Å².